The van der Waals surface area contributed by atoms with E-state index in [9.17, 15) is 18.0 Å². The van der Waals surface area contributed by atoms with E-state index in [4.69, 9.17) is 4.74 Å². The fourth-order valence-corrected chi connectivity index (χ4v) is 6.39. The summed E-state index contributed by atoms with van der Waals surface area (Å²) < 4.78 is 49.9. The van der Waals surface area contributed by atoms with E-state index < -0.39 is 40.2 Å². The Labute approximate surface area is 270 Å². The Morgan fingerprint density at radius 2 is 1.52 bits per heavy atom. The highest BCUT2D eigenvalue weighted by atomic mass is 32.2. The van der Waals surface area contributed by atoms with Gasteiger partial charge in [-0.3, -0.25) is 13.9 Å². The zero-order chi connectivity index (χ0) is 33.1. The number of carbonyl (C=O) groups is 2. The van der Waals surface area contributed by atoms with Crippen molar-refractivity contribution in [1.29, 1.82) is 0 Å². The van der Waals surface area contributed by atoms with Crippen molar-refractivity contribution in [2.24, 2.45) is 0 Å². The molecule has 2 amide bonds. The smallest absolute Gasteiger partial charge is 0.264 e. The van der Waals surface area contributed by atoms with E-state index in [0.717, 1.165) is 15.4 Å². The fourth-order valence-electron chi connectivity index (χ4n) is 4.97. The summed E-state index contributed by atoms with van der Waals surface area (Å²) in [5.74, 6) is -1.07. The van der Waals surface area contributed by atoms with Gasteiger partial charge in [0.2, 0.25) is 11.8 Å². The highest BCUT2D eigenvalue weighted by Gasteiger charge is 2.35. The Balaban J connectivity index is 1.80. The number of hydrogen-bond donors (Lipinski definition) is 1. The minimum absolute atomic E-state index is 0.00182. The lowest BCUT2D eigenvalue weighted by atomic mass is 10.0. The Bertz CT molecular complexity index is 1700. The van der Waals surface area contributed by atoms with Crippen LogP contribution in [0.25, 0.3) is 0 Å². The van der Waals surface area contributed by atoms with Gasteiger partial charge in [-0.2, -0.15) is 0 Å². The van der Waals surface area contributed by atoms with Crippen LogP contribution < -0.4 is 14.4 Å². The number of carbonyl (C=O) groups excluding carboxylic acids is 2. The number of rotatable bonds is 15. The number of amides is 2. The molecular weight excluding hydrogens is 605 g/mol. The minimum atomic E-state index is -4.25. The summed E-state index contributed by atoms with van der Waals surface area (Å²) in [6.07, 6.45) is 0.815. The average molecular weight is 646 g/mol. The topological polar surface area (TPSA) is 96.0 Å². The lowest BCUT2D eigenvalue weighted by molar-refractivity contribution is -0.140. The molecule has 1 unspecified atom stereocenters. The van der Waals surface area contributed by atoms with Crippen LogP contribution in [0.3, 0.4) is 0 Å². The van der Waals surface area contributed by atoms with Crippen LogP contribution in [0.1, 0.15) is 37.0 Å². The predicted molar refractivity (Wildman–Crippen MR) is 178 cm³/mol. The third kappa shape index (κ3) is 8.72. The maximum atomic E-state index is 15.0. The number of hydrogen-bond acceptors (Lipinski definition) is 5. The van der Waals surface area contributed by atoms with Crippen molar-refractivity contribution in [1.82, 2.24) is 10.2 Å². The third-order valence-electron chi connectivity index (χ3n) is 7.44. The Kier molecular flexibility index (Phi) is 11.9. The molecule has 1 atom stereocenters. The summed E-state index contributed by atoms with van der Waals surface area (Å²) in [5, 5.41) is 2.88. The molecule has 1 N–H and O–H groups in total. The van der Waals surface area contributed by atoms with E-state index in [1.807, 2.05) is 51.1 Å². The molecule has 4 aromatic rings. The molecule has 0 heterocycles. The molecule has 0 aromatic heterocycles. The van der Waals surface area contributed by atoms with E-state index in [1.54, 1.807) is 54.6 Å². The molecule has 46 heavy (non-hydrogen) atoms. The van der Waals surface area contributed by atoms with Crippen LogP contribution in [0, 0.1) is 12.7 Å². The van der Waals surface area contributed by atoms with E-state index in [2.05, 4.69) is 5.32 Å². The minimum Gasteiger partial charge on any atom is -0.494 e. The van der Waals surface area contributed by atoms with Crippen LogP contribution in [0.5, 0.6) is 5.75 Å². The van der Waals surface area contributed by atoms with Crippen LogP contribution in [0.2, 0.25) is 0 Å². The SMILES string of the molecule is CCCNC(=O)C(Cc1ccccc1)N(Cc1ccccc1F)C(=O)CN(c1ccc(OCC)cc1)S(=O)(=O)c1ccc(C)cc1. The highest BCUT2D eigenvalue weighted by Crippen LogP contribution is 2.27. The summed E-state index contributed by atoms with van der Waals surface area (Å²) in [6.45, 7) is 5.53. The first-order chi connectivity index (χ1) is 22.1. The molecule has 0 saturated carbocycles. The first-order valence-corrected chi connectivity index (χ1v) is 16.7. The van der Waals surface area contributed by atoms with Gasteiger partial charge in [0, 0.05) is 25.1 Å². The van der Waals surface area contributed by atoms with Gasteiger partial charge in [0.15, 0.2) is 0 Å². The van der Waals surface area contributed by atoms with Gasteiger partial charge in [0.05, 0.1) is 17.2 Å². The maximum Gasteiger partial charge on any atom is 0.264 e. The van der Waals surface area contributed by atoms with E-state index >= 15 is 4.39 Å². The lowest BCUT2D eigenvalue weighted by Crippen LogP contribution is -2.53. The van der Waals surface area contributed by atoms with Gasteiger partial charge in [-0.05, 0) is 68.3 Å². The molecule has 0 aliphatic rings. The predicted octanol–water partition coefficient (Wildman–Crippen LogP) is 5.89. The first-order valence-electron chi connectivity index (χ1n) is 15.3. The highest BCUT2D eigenvalue weighted by molar-refractivity contribution is 7.92. The second kappa shape index (κ2) is 16.0. The lowest BCUT2D eigenvalue weighted by Gasteiger charge is -2.34. The Hall–Kier alpha value is -4.70. The summed E-state index contributed by atoms with van der Waals surface area (Å²) in [6, 6.07) is 26.9. The fraction of sp³-hybridized carbons (Fsp3) is 0.278. The molecule has 0 saturated heterocycles. The van der Waals surface area contributed by atoms with Crippen molar-refractivity contribution in [3.8, 4) is 5.75 Å². The van der Waals surface area contributed by atoms with Crippen LogP contribution in [-0.4, -0.2) is 50.9 Å². The average Bonchev–Trinajstić information content (AvgIpc) is 3.06. The zero-order valence-corrected chi connectivity index (χ0v) is 27.2. The van der Waals surface area contributed by atoms with Gasteiger partial charge < -0.3 is 15.0 Å². The van der Waals surface area contributed by atoms with E-state index in [0.29, 0.717) is 25.3 Å². The van der Waals surface area contributed by atoms with Crippen LogP contribution >= 0.6 is 0 Å². The van der Waals surface area contributed by atoms with Crippen molar-refractivity contribution in [2.45, 2.75) is 51.1 Å². The first kappa shape index (κ1) is 34.2. The largest absolute Gasteiger partial charge is 0.494 e. The number of anilines is 1. The number of benzene rings is 4. The molecule has 4 rings (SSSR count). The molecule has 0 fully saturated rings. The number of sulfonamides is 1. The van der Waals surface area contributed by atoms with E-state index in [-0.39, 0.29) is 29.1 Å². The van der Waals surface area contributed by atoms with Crippen molar-refractivity contribution in [3.63, 3.8) is 0 Å². The molecule has 0 spiro atoms. The van der Waals surface area contributed by atoms with Gasteiger partial charge in [0.25, 0.3) is 10.0 Å². The normalized spacial score (nSPS) is 11.8. The standard InChI is InChI=1S/C36H40FN3O5S/c1-4-23-38-36(42)34(24-28-11-7-6-8-12-28)39(25-29-13-9-10-14-33(29)37)35(41)26-40(30-17-19-31(20-18-30)45-5-2)46(43,44)32-21-15-27(3)16-22-32/h6-22,34H,4-5,23-26H2,1-3H3,(H,38,42). The Morgan fingerprint density at radius 3 is 2.15 bits per heavy atom. The van der Waals surface area contributed by atoms with Gasteiger partial charge in [-0.25, -0.2) is 12.8 Å². The van der Waals surface area contributed by atoms with Gasteiger partial charge in [0.1, 0.15) is 24.2 Å². The molecule has 8 nitrogen and oxygen atoms in total. The van der Waals surface area contributed by atoms with Crippen LogP contribution in [-0.2, 0) is 32.6 Å². The molecule has 0 aliphatic carbocycles. The van der Waals surface area contributed by atoms with Gasteiger partial charge >= 0.3 is 0 Å². The molecule has 4 aromatic carbocycles. The molecule has 0 radical (unpaired) electrons. The van der Waals surface area contributed by atoms with Gasteiger partial charge in [-0.1, -0.05) is 73.2 Å². The van der Waals surface area contributed by atoms with Gasteiger partial charge in [-0.15, -0.1) is 0 Å². The molecule has 0 aliphatic heterocycles. The quantitative estimate of drug-likeness (QED) is 0.174. The summed E-state index contributed by atoms with van der Waals surface area (Å²) in [4.78, 5) is 29.4. The van der Waals surface area contributed by atoms with Crippen molar-refractivity contribution in [2.75, 3.05) is 24.0 Å². The molecule has 0 bridgehead atoms. The molecule has 10 heteroatoms. The van der Waals surface area contributed by atoms with Crippen molar-refractivity contribution in [3.05, 3.63) is 126 Å². The summed E-state index contributed by atoms with van der Waals surface area (Å²) in [5.41, 5.74) is 2.10. The second-order valence-electron chi connectivity index (χ2n) is 10.9. The second-order valence-corrected chi connectivity index (χ2v) is 12.7. The van der Waals surface area contributed by atoms with Crippen LogP contribution in [0.4, 0.5) is 10.1 Å². The number of nitrogens with zero attached hydrogens (tertiary/aromatic N) is 2. The monoisotopic (exact) mass is 645 g/mol. The number of ether oxygens (including phenoxy) is 1. The maximum absolute atomic E-state index is 15.0. The molecular formula is C36H40FN3O5S. The summed E-state index contributed by atoms with van der Waals surface area (Å²) in [7, 11) is -4.25. The van der Waals surface area contributed by atoms with Crippen molar-refractivity contribution >= 4 is 27.5 Å². The number of aryl methyl sites for hydroxylation is 1. The Morgan fingerprint density at radius 1 is 0.870 bits per heavy atom. The van der Waals surface area contributed by atoms with Crippen LogP contribution in [0.15, 0.2) is 108 Å². The third-order valence-corrected chi connectivity index (χ3v) is 9.23. The molecule has 242 valence electrons. The number of nitrogens with one attached hydrogen (secondary N) is 1. The van der Waals surface area contributed by atoms with Crippen molar-refractivity contribution < 1.29 is 27.1 Å². The number of halogens is 1. The zero-order valence-electron chi connectivity index (χ0n) is 26.4. The van der Waals surface area contributed by atoms with E-state index in [1.165, 1.54) is 23.1 Å². The summed E-state index contributed by atoms with van der Waals surface area (Å²) >= 11 is 0.